The van der Waals surface area contributed by atoms with Gasteiger partial charge in [-0.05, 0) is 26.2 Å². The smallest absolute Gasteiger partial charge is 0.323 e. The number of nitrogen functional groups attached to an aromatic ring is 1. The Balaban J connectivity index is 2.66. The van der Waals surface area contributed by atoms with E-state index in [4.69, 9.17) is 10.5 Å². The Hall–Kier alpha value is -1.63. The fourth-order valence-electron chi connectivity index (χ4n) is 1.87. The van der Waals surface area contributed by atoms with E-state index in [0.717, 1.165) is 0 Å². The van der Waals surface area contributed by atoms with Gasteiger partial charge in [-0.3, -0.25) is 0 Å². The average molecular weight is 269 g/mol. The highest BCUT2D eigenvalue weighted by molar-refractivity contribution is 5.32. The van der Waals surface area contributed by atoms with Crippen LogP contribution in [0.3, 0.4) is 0 Å². The predicted molar refractivity (Wildman–Crippen MR) is 74.0 cm³/mol. The molecule has 0 amide bonds. The van der Waals surface area contributed by atoms with E-state index in [1.54, 1.807) is 6.92 Å². The van der Waals surface area contributed by atoms with Crippen LogP contribution in [-0.4, -0.2) is 38.8 Å². The molecule has 0 fully saturated rings. The molecule has 108 valence electrons. The summed E-state index contributed by atoms with van der Waals surface area (Å²) in [6.45, 7) is 8.51. The van der Waals surface area contributed by atoms with Crippen molar-refractivity contribution < 1.29 is 9.84 Å². The SMILES string of the molecule is CCOc1nc(N)nc(NCC(C)(O)CC(C)C)n1. The minimum atomic E-state index is -0.832. The topological polar surface area (TPSA) is 106 Å². The van der Waals surface area contributed by atoms with Crippen LogP contribution in [0, 0.1) is 5.92 Å². The fourth-order valence-corrected chi connectivity index (χ4v) is 1.87. The van der Waals surface area contributed by atoms with Gasteiger partial charge in [0, 0.05) is 6.54 Å². The molecule has 0 aliphatic rings. The first-order valence-corrected chi connectivity index (χ1v) is 6.43. The van der Waals surface area contributed by atoms with Gasteiger partial charge in [0.15, 0.2) is 0 Å². The van der Waals surface area contributed by atoms with Crippen molar-refractivity contribution in [3.05, 3.63) is 0 Å². The second-order valence-corrected chi connectivity index (χ2v) is 5.18. The van der Waals surface area contributed by atoms with Crippen LogP contribution in [0.4, 0.5) is 11.9 Å². The summed E-state index contributed by atoms with van der Waals surface area (Å²) in [6.07, 6.45) is 0.679. The van der Waals surface area contributed by atoms with E-state index in [1.165, 1.54) is 0 Å². The molecule has 1 aromatic heterocycles. The Morgan fingerprint density at radius 3 is 2.63 bits per heavy atom. The standard InChI is InChI=1S/C12H23N5O2/c1-5-19-11-16-9(13)15-10(17-11)14-7-12(4,18)6-8(2)3/h8,18H,5-7H2,1-4H3,(H3,13,14,15,16,17). The van der Waals surface area contributed by atoms with E-state index >= 15 is 0 Å². The number of nitrogens with one attached hydrogen (secondary N) is 1. The van der Waals surface area contributed by atoms with Crippen LogP contribution in [0.25, 0.3) is 0 Å². The molecule has 1 heterocycles. The first-order chi connectivity index (χ1) is 8.82. The Kier molecular flexibility index (Phi) is 5.29. The molecule has 1 aromatic rings. The van der Waals surface area contributed by atoms with Crippen molar-refractivity contribution in [1.82, 2.24) is 15.0 Å². The zero-order valence-electron chi connectivity index (χ0n) is 12.0. The second-order valence-electron chi connectivity index (χ2n) is 5.18. The molecule has 0 bridgehead atoms. The number of nitrogens with two attached hydrogens (primary N) is 1. The van der Waals surface area contributed by atoms with Crippen LogP contribution in [0.1, 0.15) is 34.1 Å². The largest absolute Gasteiger partial charge is 0.464 e. The molecule has 19 heavy (non-hydrogen) atoms. The molecule has 0 aromatic carbocycles. The van der Waals surface area contributed by atoms with E-state index in [1.807, 2.05) is 6.92 Å². The quantitative estimate of drug-likeness (QED) is 0.679. The maximum absolute atomic E-state index is 10.2. The molecule has 1 unspecified atom stereocenters. The molecule has 0 spiro atoms. The van der Waals surface area contributed by atoms with Gasteiger partial charge in [0.1, 0.15) is 0 Å². The van der Waals surface area contributed by atoms with Crippen molar-refractivity contribution >= 4 is 11.9 Å². The highest BCUT2D eigenvalue weighted by atomic mass is 16.5. The number of nitrogens with zero attached hydrogens (tertiary/aromatic N) is 3. The van der Waals surface area contributed by atoms with Gasteiger partial charge in [-0.2, -0.15) is 15.0 Å². The van der Waals surface area contributed by atoms with Gasteiger partial charge in [0.2, 0.25) is 11.9 Å². The minimum absolute atomic E-state index is 0.0875. The van der Waals surface area contributed by atoms with Crippen LogP contribution < -0.4 is 15.8 Å². The van der Waals surface area contributed by atoms with Crippen molar-refractivity contribution in [3.63, 3.8) is 0 Å². The van der Waals surface area contributed by atoms with E-state index < -0.39 is 5.60 Å². The molecule has 7 nitrogen and oxygen atoms in total. The third-order valence-electron chi connectivity index (χ3n) is 2.38. The summed E-state index contributed by atoms with van der Waals surface area (Å²) in [7, 11) is 0. The van der Waals surface area contributed by atoms with Gasteiger partial charge >= 0.3 is 6.01 Å². The second kappa shape index (κ2) is 6.51. The third-order valence-corrected chi connectivity index (χ3v) is 2.38. The maximum atomic E-state index is 10.2. The summed E-state index contributed by atoms with van der Waals surface area (Å²) in [5.41, 5.74) is 4.73. The molecule has 4 N–H and O–H groups in total. The lowest BCUT2D eigenvalue weighted by atomic mass is 9.94. The highest BCUT2D eigenvalue weighted by Crippen LogP contribution is 2.17. The molecule has 0 aliphatic carbocycles. The summed E-state index contributed by atoms with van der Waals surface area (Å²) in [6, 6.07) is 0.181. The molecular formula is C12H23N5O2. The van der Waals surface area contributed by atoms with Crippen molar-refractivity contribution in [2.24, 2.45) is 5.92 Å². The average Bonchev–Trinajstić information content (AvgIpc) is 2.24. The van der Waals surface area contributed by atoms with E-state index in [0.29, 0.717) is 31.4 Å². The molecule has 0 aliphatic heterocycles. The van der Waals surface area contributed by atoms with Crippen LogP contribution >= 0.6 is 0 Å². The predicted octanol–water partition coefficient (Wildman–Crippen LogP) is 1.06. The van der Waals surface area contributed by atoms with Crippen molar-refractivity contribution in [3.8, 4) is 6.01 Å². The number of rotatable bonds is 7. The summed E-state index contributed by atoms with van der Waals surface area (Å²) in [5.74, 6) is 0.795. The van der Waals surface area contributed by atoms with Gasteiger partial charge in [-0.25, -0.2) is 0 Å². The zero-order valence-corrected chi connectivity index (χ0v) is 12.0. The van der Waals surface area contributed by atoms with E-state index in [2.05, 4.69) is 34.1 Å². The summed E-state index contributed by atoms with van der Waals surface area (Å²) >= 11 is 0. The molecule has 0 saturated heterocycles. The minimum Gasteiger partial charge on any atom is -0.464 e. The van der Waals surface area contributed by atoms with Crippen molar-refractivity contribution in [2.45, 2.75) is 39.7 Å². The maximum Gasteiger partial charge on any atom is 0.323 e. The van der Waals surface area contributed by atoms with Crippen LogP contribution in [0.15, 0.2) is 0 Å². The van der Waals surface area contributed by atoms with Crippen molar-refractivity contribution in [1.29, 1.82) is 0 Å². The molecule has 0 radical (unpaired) electrons. The van der Waals surface area contributed by atoms with Gasteiger partial charge in [-0.15, -0.1) is 0 Å². The summed E-state index contributed by atoms with van der Waals surface area (Å²) in [5, 5.41) is 13.1. The lowest BCUT2D eigenvalue weighted by molar-refractivity contribution is 0.0513. The monoisotopic (exact) mass is 269 g/mol. The lowest BCUT2D eigenvalue weighted by Gasteiger charge is -2.25. The third kappa shape index (κ3) is 5.69. The van der Waals surface area contributed by atoms with Gasteiger partial charge in [-0.1, -0.05) is 13.8 Å². The number of anilines is 2. The van der Waals surface area contributed by atoms with Gasteiger partial charge in [0.05, 0.1) is 12.2 Å². The Bertz CT molecular complexity index is 409. The van der Waals surface area contributed by atoms with Gasteiger partial charge in [0.25, 0.3) is 0 Å². The first kappa shape index (κ1) is 15.4. The zero-order chi connectivity index (χ0) is 14.5. The van der Waals surface area contributed by atoms with E-state index in [-0.39, 0.29) is 12.0 Å². The molecule has 1 rings (SSSR count). The van der Waals surface area contributed by atoms with Crippen LogP contribution in [0.5, 0.6) is 6.01 Å². The van der Waals surface area contributed by atoms with E-state index in [9.17, 15) is 5.11 Å². The highest BCUT2D eigenvalue weighted by Gasteiger charge is 2.22. The molecular weight excluding hydrogens is 246 g/mol. The Morgan fingerprint density at radius 2 is 2.05 bits per heavy atom. The van der Waals surface area contributed by atoms with Crippen LogP contribution in [-0.2, 0) is 0 Å². The number of ether oxygens (including phenoxy) is 1. The fraction of sp³-hybridized carbons (Fsp3) is 0.750. The molecule has 0 saturated carbocycles. The first-order valence-electron chi connectivity index (χ1n) is 6.43. The van der Waals surface area contributed by atoms with Gasteiger partial charge < -0.3 is 20.9 Å². The molecule has 7 heteroatoms. The normalized spacial score (nSPS) is 14.2. The Morgan fingerprint density at radius 1 is 1.37 bits per heavy atom. The number of hydrogen-bond acceptors (Lipinski definition) is 7. The number of aromatic nitrogens is 3. The number of aliphatic hydroxyl groups is 1. The molecule has 1 atom stereocenters. The summed E-state index contributed by atoms with van der Waals surface area (Å²) in [4.78, 5) is 11.9. The lowest BCUT2D eigenvalue weighted by Crippen LogP contribution is -2.35. The summed E-state index contributed by atoms with van der Waals surface area (Å²) < 4.78 is 5.18. The number of hydrogen-bond donors (Lipinski definition) is 3. The van der Waals surface area contributed by atoms with Crippen molar-refractivity contribution in [2.75, 3.05) is 24.2 Å². The Labute approximate surface area is 113 Å². The van der Waals surface area contributed by atoms with Crippen LogP contribution in [0.2, 0.25) is 0 Å².